The first kappa shape index (κ1) is 7.16. The van der Waals surface area contributed by atoms with Crippen molar-refractivity contribution in [2.45, 2.75) is 0 Å². The maximum atomic E-state index is 9.57. The summed E-state index contributed by atoms with van der Waals surface area (Å²) in [5.74, 6) is 0. The third-order valence-corrected chi connectivity index (χ3v) is 5.42. The fraction of sp³-hybridized carbons (Fsp3) is 0. The van der Waals surface area contributed by atoms with Crippen LogP contribution in [0.2, 0.25) is 0 Å². The molecular weight excluding hydrogens is 346 g/mol. The topological polar surface area (TPSA) is 66.8 Å². The molecule has 0 spiro atoms. The van der Waals surface area contributed by atoms with Gasteiger partial charge in [0.1, 0.15) is 0 Å². The number of hydrogen-bond donors (Lipinski definition) is 2. The molecule has 35 valence electrons. The fourth-order valence-electron chi connectivity index (χ4n) is 0. The van der Waals surface area contributed by atoms with Gasteiger partial charge in [-0.25, -0.2) is 0 Å². The molecule has 3 radical (unpaired) electrons. The Balaban J connectivity index is 3.48. The summed E-state index contributed by atoms with van der Waals surface area (Å²) in [6, 6.07) is 0. The van der Waals surface area contributed by atoms with Crippen LogP contribution >= 0.6 is 0 Å². The van der Waals surface area contributed by atoms with Crippen LogP contribution in [-0.2, 0) is 5.42 Å². The molecule has 0 saturated carbocycles. The van der Waals surface area contributed by atoms with E-state index >= 15 is 0 Å². The fourth-order valence-corrected chi connectivity index (χ4v) is 0. The number of hydrogen-bond acceptors (Lipinski definition) is 2. The zero-order chi connectivity index (χ0) is 5.21. The van der Waals surface area contributed by atoms with Gasteiger partial charge in [-0.15, -0.1) is 0 Å². The Labute approximate surface area is 54.2 Å². The Morgan fingerprint density at radius 3 is 1.83 bits per heavy atom. The monoisotopic (exact) mass is 349 g/mol. The summed E-state index contributed by atoms with van der Waals surface area (Å²) in [4.78, 5) is 0. The first-order valence-electron chi connectivity index (χ1n) is 0.969. The normalized spacial score (nSPS) is 11.8. The van der Waals surface area contributed by atoms with E-state index in [4.69, 9.17) is 8.19 Å². The SMILES string of the molecule is O=[As](O)(O)[O][Pb]. The van der Waals surface area contributed by atoms with E-state index in [1.54, 1.807) is 0 Å². The van der Waals surface area contributed by atoms with Crippen molar-refractivity contribution in [1.82, 2.24) is 0 Å². The minimum absolute atomic E-state index is 0.112. The second-order valence-corrected chi connectivity index (χ2v) is 6.71. The molecule has 0 amide bonds. The molecule has 2 N–H and O–H groups in total. The van der Waals surface area contributed by atoms with Crippen LogP contribution in [0.3, 0.4) is 0 Å². The molecule has 0 aromatic heterocycles. The average Bonchev–Trinajstić information content (AvgIpc) is 1.35. The van der Waals surface area contributed by atoms with E-state index in [0.717, 1.165) is 0 Å². The van der Waals surface area contributed by atoms with Crippen LogP contribution in [-0.4, -0.2) is 48.9 Å². The van der Waals surface area contributed by atoms with Crippen LogP contribution < -0.4 is 0 Å². The molecule has 0 aromatic rings. The first-order chi connectivity index (χ1) is 2.56. The van der Waals surface area contributed by atoms with Crippen molar-refractivity contribution in [3.8, 4) is 0 Å². The zero-order valence-electron chi connectivity index (χ0n) is 2.66. The summed E-state index contributed by atoms with van der Waals surface area (Å²) < 4.78 is 29.0. The molecule has 0 aliphatic carbocycles. The van der Waals surface area contributed by atoms with Crippen molar-refractivity contribution in [3.05, 3.63) is 0 Å². The van der Waals surface area contributed by atoms with Gasteiger partial charge in [0.2, 0.25) is 0 Å². The van der Waals surface area contributed by atoms with Crippen molar-refractivity contribution in [2.24, 2.45) is 0 Å². The summed E-state index contributed by atoms with van der Waals surface area (Å²) in [6.45, 7) is 0. The van der Waals surface area contributed by atoms with E-state index in [1.807, 2.05) is 0 Å². The molecule has 0 aliphatic rings. The van der Waals surface area contributed by atoms with Crippen LogP contribution in [0.5, 0.6) is 0 Å². The molecule has 0 aliphatic heterocycles. The van der Waals surface area contributed by atoms with Crippen molar-refractivity contribution >= 4 is 40.7 Å². The second kappa shape index (κ2) is 2.46. The van der Waals surface area contributed by atoms with Gasteiger partial charge < -0.3 is 0 Å². The van der Waals surface area contributed by atoms with Gasteiger partial charge in [0.15, 0.2) is 0 Å². The third-order valence-electron chi connectivity index (χ3n) is 0.119. The van der Waals surface area contributed by atoms with Crippen molar-refractivity contribution < 1.29 is 13.6 Å². The summed E-state index contributed by atoms with van der Waals surface area (Å²) >= 11 is -4.49. The van der Waals surface area contributed by atoms with Crippen LogP contribution in [0.15, 0.2) is 0 Å². The Bertz CT molecular complexity index is 71.6. The van der Waals surface area contributed by atoms with E-state index in [0.29, 0.717) is 0 Å². The zero-order valence-corrected chi connectivity index (χ0v) is 8.42. The molecule has 0 saturated heterocycles. The van der Waals surface area contributed by atoms with Crippen molar-refractivity contribution in [3.63, 3.8) is 0 Å². The van der Waals surface area contributed by atoms with Gasteiger partial charge >= 0.3 is 54.3 Å². The maximum absolute atomic E-state index is 9.57. The molecule has 0 rings (SSSR count). The Kier molecular flexibility index (Phi) is 2.94. The van der Waals surface area contributed by atoms with Gasteiger partial charge in [0.25, 0.3) is 0 Å². The summed E-state index contributed by atoms with van der Waals surface area (Å²) in [6.07, 6.45) is 0. The Morgan fingerprint density at radius 1 is 1.67 bits per heavy atom. The van der Waals surface area contributed by atoms with Crippen LogP contribution in [0.1, 0.15) is 0 Å². The molecule has 0 aromatic carbocycles. The quantitative estimate of drug-likeness (QED) is 0.535. The van der Waals surface area contributed by atoms with Gasteiger partial charge in [0.05, 0.1) is 0 Å². The van der Waals surface area contributed by atoms with Gasteiger partial charge in [-0.2, -0.15) is 0 Å². The minimum atomic E-state index is -4.60. The predicted molar refractivity (Wildman–Crippen MR) is 17.7 cm³/mol. The number of rotatable bonds is 1. The second-order valence-electron chi connectivity index (χ2n) is 0.582. The van der Waals surface area contributed by atoms with E-state index in [9.17, 15) is 3.74 Å². The van der Waals surface area contributed by atoms with E-state index in [1.165, 1.54) is 0 Å². The molecule has 4 nitrogen and oxygen atoms in total. The van der Waals surface area contributed by atoms with E-state index in [-0.39, 0.29) is 26.2 Å². The van der Waals surface area contributed by atoms with Crippen molar-refractivity contribution in [2.75, 3.05) is 0 Å². The molecule has 0 atom stereocenters. The average molecular weight is 348 g/mol. The molecule has 0 fully saturated rings. The summed E-state index contributed by atoms with van der Waals surface area (Å²) in [7, 11) is 0. The van der Waals surface area contributed by atoms with Gasteiger partial charge in [-0.05, 0) is 0 Å². The standard InChI is InChI=1S/AsH3O4.Pb/c2-1(3,4)5;/h(H3,2,3,4,5);/q;+1/p-1. The Morgan fingerprint density at radius 2 is 1.83 bits per heavy atom. The summed E-state index contributed by atoms with van der Waals surface area (Å²) in [5, 5.41) is 0. The van der Waals surface area contributed by atoms with Crippen molar-refractivity contribution in [1.29, 1.82) is 0 Å². The van der Waals surface area contributed by atoms with Crippen LogP contribution in [0, 0.1) is 0 Å². The van der Waals surface area contributed by atoms with Crippen LogP contribution in [0.25, 0.3) is 0 Å². The van der Waals surface area contributed by atoms with E-state index < -0.39 is 14.5 Å². The molecule has 0 unspecified atom stereocenters. The molecule has 6 heavy (non-hydrogen) atoms. The van der Waals surface area contributed by atoms with Gasteiger partial charge in [0, 0.05) is 0 Å². The molecular formula is H2AsO4Pb. The first-order valence-corrected chi connectivity index (χ1v) is 5.77. The van der Waals surface area contributed by atoms with Gasteiger partial charge in [-0.1, -0.05) is 0 Å². The Hall–Kier alpha value is 1.16. The predicted octanol–water partition coefficient (Wildman–Crippen LogP) is -2.06. The van der Waals surface area contributed by atoms with E-state index in [2.05, 4.69) is 1.68 Å². The molecule has 0 heterocycles. The molecule has 6 heteroatoms. The van der Waals surface area contributed by atoms with Crippen LogP contribution in [0.4, 0.5) is 0 Å². The van der Waals surface area contributed by atoms with Gasteiger partial charge in [-0.3, -0.25) is 0 Å². The molecule has 0 bridgehead atoms. The third kappa shape index (κ3) is 5.16. The summed E-state index contributed by atoms with van der Waals surface area (Å²) in [5.41, 5.74) is 0.